The van der Waals surface area contributed by atoms with E-state index in [1.54, 1.807) is 6.20 Å². The number of nitrogens with zero attached hydrogens (tertiary/aromatic N) is 5. The predicted molar refractivity (Wildman–Crippen MR) is 193 cm³/mol. The van der Waals surface area contributed by atoms with E-state index in [0.29, 0.717) is 17.6 Å². The molecule has 0 N–H and O–H groups in total. The highest BCUT2D eigenvalue weighted by atomic mass is 16.3. The number of pyridine rings is 1. The molecule has 0 amide bonds. The summed E-state index contributed by atoms with van der Waals surface area (Å²) in [6.07, 6.45) is 3.58. The van der Waals surface area contributed by atoms with Gasteiger partial charge in [0.15, 0.2) is 11.6 Å². The van der Waals surface area contributed by atoms with Gasteiger partial charge >= 0.3 is 0 Å². The molecule has 6 aromatic carbocycles. The molecule has 0 saturated heterocycles. The van der Waals surface area contributed by atoms with Crippen molar-refractivity contribution in [2.45, 2.75) is 0 Å². The van der Waals surface area contributed by atoms with Crippen molar-refractivity contribution in [3.63, 3.8) is 0 Å². The monoisotopic (exact) mass is 615 g/mol. The first-order valence-corrected chi connectivity index (χ1v) is 15.9. The average molecular weight is 616 g/mol. The Kier molecular flexibility index (Phi) is 5.77. The van der Waals surface area contributed by atoms with Crippen molar-refractivity contribution in [3.8, 4) is 39.9 Å². The minimum atomic E-state index is 0.555. The van der Waals surface area contributed by atoms with E-state index in [9.17, 15) is 0 Å². The van der Waals surface area contributed by atoms with Gasteiger partial charge in [0, 0.05) is 45.1 Å². The number of aromatic nitrogens is 5. The molecule has 0 aliphatic heterocycles. The molecular weight excluding hydrogens is 590 g/mol. The van der Waals surface area contributed by atoms with Crippen molar-refractivity contribution >= 4 is 54.5 Å². The summed E-state index contributed by atoms with van der Waals surface area (Å²) in [5.41, 5.74) is 7.70. The van der Waals surface area contributed by atoms with Crippen molar-refractivity contribution in [2.24, 2.45) is 0 Å². The minimum absolute atomic E-state index is 0.555. The van der Waals surface area contributed by atoms with Crippen molar-refractivity contribution in [2.75, 3.05) is 0 Å². The molecule has 0 aliphatic rings. The SMILES string of the molecule is c1ccc2c(-c3ccc(-c4nc(-c5ccc6c(c5)oc5ccncc56)nc(-n5c6ccccc6c6ccccc65)n4)cc3)cccc2c1. The van der Waals surface area contributed by atoms with Crippen LogP contribution in [0.1, 0.15) is 0 Å². The molecule has 0 spiro atoms. The molecule has 6 heteroatoms. The molecule has 0 unspecified atom stereocenters. The van der Waals surface area contributed by atoms with Crippen LogP contribution in [-0.4, -0.2) is 24.5 Å². The van der Waals surface area contributed by atoms with Gasteiger partial charge in [-0.25, -0.2) is 4.98 Å². The molecule has 0 radical (unpaired) electrons. The minimum Gasteiger partial charge on any atom is -0.456 e. The Morgan fingerprint density at radius 3 is 1.90 bits per heavy atom. The lowest BCUT2D eigenvalue weighted by molar-refractivity contribution is 0.668. The first kappa shape index (κ1) is 26.5. The Balaban J connectivity index is 1.18. The highest BCUT2D eigenvalue weighted by Gasteiger charge is 2.18. The summed E-state index contributed by atoms with van der Waals surface area (Å²) in [4.78, 5) is 19.6. The van der Waals surface area contributed by atoms with E-state index < -0.39 is 0 Å². The summed E-state index contributed by atoms with van der Waals surface area (Å²) in [6, 6.07) is 48.2. The summed E-state index contributed by atoms with van der Waals surface area (Å²) < 4.78 is 8.35. The molecule has 0 fully saturated rings. The summed E-state index contributed by atoms with van der Waals surface area (Å²) in [6.45, 7) is 0. The van der Waals surface area contributed by atoms with Gasteiger partial charge in [-0.15, -0.1) is 0 Å². The van der Waals surface area contributed by atoms with E-state index in [0.717, 1.165) is 60.4 Å². The molecule has 10 rings (SSSR count). The van der Waals surface area contributed by atoms with Crippen molar-refractivity contribution in [1.29, 1.82) is 0 Å². The van der Waals surface area contributed by atoms with Gasteiger partial charge in [0.1, 0.15) is 11.2 Å². The van der Waals surface area contributed by atoms with Gasteiger partial charge in [0.05, 0.1) is 11.0 Å². The normalized spacial score (nSPS) is 11.8. The summed E-state index contributed by atoms with van der Waals surface area (Å²) in [5.74, 6) is 1.71. The lowest BCUT2D eigenvalue weighted by atomic mass is 9.97. The van der Waals surface area contributed by atoms with Crippen LogP contribution in [0.2, 0.25) is 0 Å². The standard InChI is InChI=1S/C42H25N5O/c1-2-10-30-26(8-1)9-7-13-31(30)27-16-18-28(19-17-27)40-44-41(29-20-21-34-35-25-43-23-22-38(35)48-39(34)24-29)46-42(45-40)47-36-14-5-3-11-32(36)33-12-4-6-15-37(33)47/h1-25H. The molecule has 0 bridgehead atoms. The lowest BCUT2D eigenvalue weighted by Gasteiger charge is -2.12. The molecule has 224 valence electrons. The molecular formula is C42H25N5O. The van der Waals surface area contributed by atoms with Crippen molar-refractivity contribution < 1.29 is 4.42 Å². The first-order valence-electron chi connectivity index (χ1n) is 15.9. The topological polar surface area (TPSA) is 69.6 Å². The highest BCUT2D eigenvalue weighted by Crippen LogP contribution is 2.35. The van der Waals surface area contributed by atoms with Gasteiger partial charge in [-0.1, -0.05) is 109 Å². The number of furan rings is 1. The largest absolute Gasteiger partial charge is 0.456 e. The van der Waals surface area contributed by atoms with Crippen LogP contribution >= 0.6 is 0 Å². The summed E-state index contributed by atoms with van der Waals surface area (Å²) >= 11 is 0. The van der Waals surface area contributed by atoms with E-state index in [1.165, 1.54) is 16.3 Å². The number of fused-ring (bicyclic) bond motifs is 7. The second-order valence-corrected chi connectivity index (χ2v) is 11.9. The zero-order valence-corrected chi connectivity index (χ0v) is 25.6. The van der Waals surface area contributed by atoms with Gasteiger partial charge in [0.2, 0.25) is 5.95 Å². The van der Waals surface area contributed by atoms with Crippen LogP contribution in [0, 0.1) is 0 Å². The smallest absolute Gasteiger partial charge is 0.238 e. The zero-order valence-electron chi connectivity index (χ0n) is 25.6. The van der Waals surface area contributed by atoms with Gasteiger partial charge < -0.3 is 4.42 Å². The van der Waals surface area contributed by atoms with Crippen LogP contribution in [-0.2, 0) is 0 Å². The number of benzene rings is 6. The lowest BCUT2D eigenvalue weighted by Crippen LogP contribution is -2.06. The Morgan fingerprint density at radius 2 is 1.10 bits per heavy atom. The van der Waals surface area contributed by atoms with Crippen LogP contribution < -0.4 is 0 Å². The Morgan fingerprint density at radius 1 is 0.458 bits per heavy atom. The maximum absolute atomic E-state index is 6.22. The van der Waals surface area contributed by atoms with E-state index in [-0.39, 0.29) is 0 Å². The quantitative estimate of drug-likeness (QED) is 0.197. The third kappa shape index (κ3) is 4.13. The first-order chi connectivity index (χ1) is 23.8. The highest BCUT2D eigenvalue weighted by molar-refractivity contribution is 6.09. The fourth-order valence-corrected chi connectivity index (χ4v) is 6.90. The summed E-state index contributed by atoms with van der Waals surface area (Å²) in [5, 5.41) is 6.72. The van der Waals surface area contributed by atoms with Gasteiger partial charge in [-0.05, 0) is 52.2 Å². The van der Waals surface area contributed by atoms with E-state index in [1.807, 2.05) is 24.4 Å². The van der Waals surface area contributed by atoms with Crippen molar-refractivity contribution in [1.82, 2.24) is 24.5 Å². The fraction of sp³-hybridized carbons (Fsp3) is 0. The molecule has 0 aliphatic carbocycles. The third-order valence-electron chi connectivity index (χ3n) is 9.18. The molecule has 48 heavy (non-hydrogen) atoms. The molecule has 10 aromatic rings. The second kappa shape index (κ2) is 10.4. The van der Waals surface area contributed by atoms with E-state index in [2.05, 4.69) is 131 Å². The average Bonchev–Trinajstić information content (AvgIpc) is 3.70. The van der Waals surface area contributed by atoms with Crippen LogP contribution in [0.5, 0.6) is 0 Å². The maximum atomic E-state index is 6.22. The Bertz CT molecular complexity index is 2790. The molecule has 4 aromatic heterocycles. The van der Waals surface area contributed by atoms with Gasteiger partial charge in [-0.3, -0.25) is 9.55 Å². The number of rotatable bonds is 4. The molecule has 0 saturated carbocycles. The fourth-order valence-electron chi connectivity index (χ4n) is 6.90. The van der Waals surface area contributed by atoms with Crippen LogP contribution in [0.15, 0.2) is 156 Å². The van der Waals surface area contributed by atoms with Gasteiger partial charge in [-0.2, -0.15) is 9.97 Å². The predicted octanol–water partition coefficient (Wildman–Crippen LogP) is 10.4. The zero-order chi connectivity index (χ0) is 31.6. The molecule has 0 atom stereocenters. The van der Waals surface area contributed by atoms with Gasteiger partial charge in [0.25, 0.3) is 0 Å². The van der Waals surface area contributed by atoms with Crippen LogP contribution in [0.25, 0.3) is 94.4 Å². The van der Waals surface area contributed by atoms with Crippen LogP contribution in [0.3, 0.4) is 0 Å². The molecule has 6 nitrogen and oxygen atoms in total. The number of hydrogen-bond acceptors (Lipinski definition) is 5. The number of hydrogen-bond donors (Lipinski definition) is 0. The maximum Gasteiger partial charge on any atom is 0.238 e. The number of para-hydroxylation sites is 2. The summed E-state index contributed by atoms with van der Waals surface area (Å²) in [7, 11) is 0. The van der Waals surface area contributed by atoms with E-state index in [4.69, 9.17) is 19.4 Å². The Hall–Kier alpha value is -6.66. The third-order valence-corrected chi connectivity index (χ3v) is 9.18. The second-order valence-electron chi connectivity index (χ2n) is 11.9. The van der Waals surface area contributed by atoms with Crippen molar-refractivity contribution in [3.05, 3.63) is 152 Å². The Labute approximate surface area is 274 Å². The molecule has 4 heterocycles. The van der Waals surface area contributed by atoms with Crippen LogP contribution in [0.4, 0.5) is 0 Å². The van der Waals surface area contributed by atoms with E-state index >= 15 is 0 Å².